The number of hydrogen-bond donors (Lipinski definition) is 1. The zero-order chi connectivity index (χ0) is 18.0. The van der Waals surface area contributed by atoms with Crippen LogP contribution in [-0.4, -0.2) is 31.2 Å². The van der Waals surface area contributed by atoms with Crippen molar-refractivity contribution < 1.29 is 22.3 Å². The Balaban J connectivity index is 1.68. The first kappa shape index (κ1) is 17.3. The summed E-state index contributed by atoms with van der Waals surface area (Å²) in [6.07, 6.45) is 1.11. The highest BCUT2D eigenvalue weighted by Gasteiger charge is 2.28. The van der Waals surface area contributed by atoms with E-state index >= 15 is 0 Å². The van der Waals surface area contributed by atoms with Crippen LogP contribution in [0, 0.1) is 23.5 Å². The molecule has 134 valence electrons. The topological polar surface area (TPSA) is 37.4 Å². The zero-order valence-corrected chi connectivity index (χ0v) is 13.5. The van der Waals surface area contributed by atoms with Gasteiger partial charge < -0.3 is 15.0 Å². The van der Waals surface area contributed by atoms with Gasteiger partial charge in [0.1, 0.15) is 11.4 Å². The third kappa shape index (κ3) is 3.62. The molecule has 1 saturated heterocycles. The predicted octanol–water partition coefficient (Wildman–Crippen LogP) is 3.73. The molecule has 0 bridgehead atoms. The summed E-state index contributed by atoms with van der Waals surface area (Å²) >= 11 is 0. The van der Waals surface area contributed by atoms with E-state index in [1.54, 1.807) is 7.11 Å². The van der Waals surface area contributed by atoms with Crippen LogP contribution in [-0.2, 0) is 0 Å². The molecule has 0 amide bonds. The maximum atomic E-state index is 13.8. The molecule has 3 rings (SSSR count). The summed E-state index contributed by atoms with van der Waals surface area (Å²) in [5.74, 6) is -5.47. The quantitative estimate of drug-likeness (QED) is 0.670. The number of nitrogens with one attached hydrogen (secondary N) is 1. The van der Waals surface area contributed by atoms with Gasteiger partial charge in [-0.05, 0) is 25.0 Å². The van der Waals surface area contributed by atoms with Crippen LogP contribution in [0.3, 0.4) is 0 Å². The van der Waals surface area contributed by atoms with Crippen molar-refractivity contribution in [2.24, 2.45) is 0 Å². The number of methoxy groups -OCH3 is 1. The normalized spacial score (nSPS) is 15.3. The van der Waals surface area contributed by atoms with Crippen molar-refractivity contribution in [3.8, 4) is 5.75 Å². The summed E-state index contributed by atoms with van der Waals surface area (Å²) in [4.78, 5) is 3.89. The second-order valence-corrected chi connectivity index (χ2v) is 5.81. The number of rotatable bonds is 4. The SMILES string of the molecule is COc1cccc(NC2CCN(c3c(F)c(F)nc(F)c3F)CC2)c1. The number of benzene rings is 1. The Labute approximate surface area is 142 Å². The molecule has 1 aromatic carbocycles. The Kier molecular flexibility index (Phi) is 4.96. The number of halogens is 4. The number of piperidine rings is 1. The van der Waals surface area contributed by atoms with Gasteiger partial charge in [-0.2, -0.15) is 22.5 Å². The number of hydrogen-bond acceptors (Lipinski definition) is 4. The molecular formula is C17H17F4N3O. The summed E-state index contributed by atoms with van der Waals surface area (Å²) in [5.41, 5.74) is 0.181. The van der Waals surface area contributed by atoms with Gasteiger partial charge in [-0.15, -0.1) is 0 Å². The molecule has 1 aliphatic heterocycles. The average Bonchev–Trinajstić information content (AvgIpc) is 2.62. The van der Waals surface area contributed by atoms with Gasteiger partial charge in [0.15, 0.2) is 0 Å². The summed E-state index contributed by atoms with van der Waals surface area (Å²) in [7, 11) is 1.58. The summed E-state index contributed by atoms with van der Waals surface area (Å²) in [5, 5.41) is 3.32. The first-order valence-corrected chi connectivity index (χ1v) is 7.85. The van der Waals surface area contributed by atoms with Gasteiger partial charge in [0.05, 0.1) is 7.11 Å². The van der Waals surface area contributed by atoms with E-state index in [1.807, 2.05) is 24.3 Å². The molecule has 0 aliphatic carbocycles. The number of nitrogens with zero attached hydrogens (tertiary/aromatic N) is 2. The molecule has 25 heavy (non-hydrogen) atoms. The minimum atomic E-state index is -1.63. The fourth-order valence-corrected chi connectivity index (χ4v) is 2.95. The van der Waals surface area contributed by atoms with Crippen molar-refractivity contribution in [3.05, 3.63) is 47.8 Å². The van der Waals surface area contributed by atoms with E-state index in [1.165, 1.54) is 4.90 Å². The van der Waals surface area contributed by atoms with Crippen molar-refractivity contribution >= 4 is 11.4 Å². The zero-order valence-electron chi connectivity index (χ0n) is 13.5. The van der Waals surface area contributed by atoms with E-state index in [0.29, 0.717) is 18.6 Å². The van der Waals surface area contributed by atoms with Crippen LogP contribution in [0.5, 0.6) is 5.75 Å². The van der Waals surface area contributed by atoms with Crippen LogP contribution in [0.4, 0.5) is 28.9 Å². The average molecular weight is 355 g/mol. The molecule has 2 aromatic rings. The van der Waals surface area contributed by atoms with E-state index in [4.69, 9.17) is 4.74 Å². The number of ether oxygens (including phenoxy) is 1. The third-order valence-corrected chi connectivity index (χ3v) is 4.23. The van der Waals surface area contributed by atoms with Gasteiger partial charge in [0.2, 0.25) is 11.6 Å². The van der Waals surface area contributed by atoms with Crippen LogP contribution in [0.1, 0.15) is 12.8 Å². The summed E-state index contributed by atoms with van der Waals surface area (Å²) in [6, 6.07) is 7.49. The van der Waals surface area contributed by atoms with Crippen molar-refractivity contribution in [3.63, 3.8) is 0 Å². The molecule has 0 atom stereocenters. The molecule has 0 radical (unpaired) electrons. The van der Waals surface area contributed by atoms with Crippen LogP contribution >= 0.6 is 0 Å². The van der Waals surface area contributed by atoms with Crippen molar-refractivity contribution in [2.45, 2.75) is 18.9 Å². The first-order valence-electron chi connectivity index (χ1n) is 7.85. The summed E-state index contributed by atoms with van der Waals surface area (Å²) in [6.45, 7) is 0.525. The highest BCUT2D eigenvalue weighted by Crippen LogP contribution is 2.29. The van der Waals surface area contributed by atoms with Crippen molar-refractivity contribution in [1.82, 2.24) is 4.98 Å². The molecule has 1 fully saturated rings. The van der Waals surface area contributed by atoms with Crippen LogP contribution in [0.2, 0.25) is 0 Å². The molecule has 1 aromatic heterocycles. The Morgan fingerprint density at radius 2 is 1.72 bits per heavy atom. The van der Waals surface area contributed by atoms with Gasteiger partial charge in [0, 0.05) is 30.9 Å². The van der Waals surface area contributed by atoms with Crippen LogP contribution < -0.4 is 15.0 Å². The summed E-state index contributed by atoms with van der Waals surface area (Å²) < 4.78 is 59.4. The van der Waals surface area contributed by atoms with Crippen LogP contribution in [0.25, 0.3) is 0 Å². The number of aromatic nitrogens is 1. The standard InChI is InChI=1S/C17H17F4N3O/c1-25-12-4-2-3-11(9-12)22-10-5-7-24(8-6-10)15-13(18)16(20)23-17(21)14(15)19/h2-4,9-10,22H,5-8H2,1H3. The second-order valence-electron chi connectivity index (χ2n) is 5.81. The largest absolute Gasteiger partial charge is 0.497 e. The first-order chi connectivity index (χ1) is 12.0. The smallest absolute Gasteiger partial charge is 0.253 e. The molecule has 1 N–H and O–H groups in total. The minimum Gasteiger partial charge on any atom is -0.497 e. The third-order valence-electron chi connectivity index (χ3n) is 4.23. The van der Waals surface area contributed by atoms with Gasteiger partial charge in [-0.3, -0.25) is 0 Å². The Morgan fingerprint density at radius 3 is 2.32 bits per heavy atom. The lowest BCUT2D eigenvalue weighted by Crippen LogP contribution is -2.40. The number of anilines is 2. The van der Waals surface area contributed by atoms with Crippen molar-refractivity contribution in [2.75, 3.05) is 30.4 Å². The monoisotopic (exact) mass is 355 g/mol. The van der Waals surface area contributed by atoms with Gasteiger partial charge in [0.25, 0.3) is 11.9 Å². The highest BCUT2D eigenvalue weighted by molar-refractivity contribution is 5.51. The van der Waals surface area contributed by atoms with Gasteiger partial charge in [-0.1, -0.05) is 6.07 Å². The molecule has 4 nitrogen and oxygen atoms in total. The van der Waals surface area contributed by atoms with E-state index in [-0.39, 0.29) is 19.1 Å². The lowest BCUT2D eigenvalue weighted by Gasteiger charge is -2.34. The fraction of sp³-hybridized carbons (Fsp3) is 0.353. The molecular weight excluding hydrogens is 338 g/mol. The maximum absolute atomic E-state index is 13.8. The lowest BCUT2D eigenvalue weighted by molar-refractivity contribution is 0.400. The van der Waals surface area contributed by atoms with E-state index in [2.05, 4.69) is 10.3 Å². The fourth-order valence-electron chi connectivity index (χ4n) is 2.95. The van der Waals surface area contributed by atoms with E-state index < -0.39 is 29.2 Å². The lowest BCUT2D eigenvalue weighted by atomic mass is 10.0. The predicted molar refractivity (Wildman–Crippen MR) is 85.9 cm³/mol. The molecule has 2 heterocycles. The molecule has 0 unspecified atom stereocenters. The van der Waals surface area contributed by atoms with Gasteiger partial charge in [-0.25, -0.2) is 0 Å². The molecule has 1 aliphatic rings. The van der Waals surface area contributed by atoms with E-state index in [9.17, 15) is 17.6 Å². The van der Waals surface area contributed by atoms with Crippen molar-refractivity contribution in [1.29, 1.82) is 0 Å². The molecule has 0 saturated carbocycles. The van der Waals surface area contributed by atoms with Gasteiger partial charge >= 0.3 is 0 Å². The molecule has 0 spiro atoms. The Morgan fingerprint density at radius 1 is 1.08 bits per heavy atom. The van der Waals surface area contributed by atoms with Crippen LogP contribution in [0.15, 0.2) is 24.3 Å². The highest BCUT2D eigenvalue weighted by atomic mass is 19.2. The van der Waals surface area contributed by atoms with E-state index in [0.717, 1.165) is 5.69 Å². The minimum absolute atomic E-state index is 0.0750. The number of pyridine rings is 1. The second kappa shape index (κ2) is 7.16. The maximum Gasteiger partial charge on any atom is 0.253 e. The Hall–Kier alpha value is -2.51. The molecule has 8 heteroatoms. The Bertz CT molecular complexity index is 738.